The molecule has 1 aromatic heterocycles. The van der Waals surface area contributed by atoms with E-state index < -0.39 is 0 Å². The minimum absolute atomic E-state index is 0. The van der Waals surface area contributed by atoms with E-state index in [0.717, 1.165) is 32.2 Å². The van der Waals surface area contributed by atoms with Gasteiger partial charge in [-0.15, -0.1) is 12.4 Å². The highest BCUT2D eigenvalue weighted by atomic mass is 35.5. The van der Waals surface area contributed by atoms with E-state index in [9.17, 15) is 9.59 Å². The summed E-state index contributed by atoms with van der Waals surface area (Å²) in [6.07, 6.45) is 10.8. The number of hydrogen-bond acceptors (Lipinski definition) is 4. The van der Waals surface area contributed by atoms with E-state index >= 15 is 0 Å². The van der Waals surface area contributed by atoms with Crippen LogP contribution in [0.25, 0.3) is 0 Å². The van der Waals surface area contributed by atoms with E-state index in [1.807, 2.05) is 0 Å². The molecule has 3 rings (SSSR count). The van der Waals surface area contributed by atoms with Crippen molar-refractivity contribution >= 4 is 24.2 Å². The second-order valence-electron chi connectivity index (χ2n) is 7.38. The molecule has 2 unspecified atom stereocenters. The highest BCUT2D eigenvalue weighted by Crippen LogP contribution is 2.17. The molecule has 1 saturated heterocycles. The Morgan fingerprint density at radius 1 is 1.19 bits per heavy atom. The van der Waals surface area contributed by atoms with Crippen LogP contribution in [0.5, 0.6) is 0 Å². The lowest BCUT2D eigenvalue weighted by molar-refractivity contribution is -0.122. The molecule has 3 N–H and O–H groups in total. The summed E-state index contributed by atoms with van der Waals surface area (Å²) in [5.41, 5.74) is 0.511. The Hall–Kier alpha value is -1.60. The number of carbonyl (C=O) groups is 2. The summed E-state index contributed by atoms with van der Waals surface area (Å²) < 4.78 is 1.54. The maximum absolute atomic E-state index is 12.4. The third kappa shape index (κ3) is 5.99. The number of carbonyl (C=O) groups excluding carboxylic acids is 2. The highest BCUT2D eigenvalue weighted by Gasteiger charge is 2.21. The zero-order chi connectivity index (χ0) is 17.6. The van der Waals surface area contributed by atoms with Crippen molar-refractivity contribution in [2.24, 2.45) is 0 Å². The van der Waals surface area contributed by atoms with Crippen LogP contribution >= 0.6 is 12.4 Å². The lowest BCUT2D eigenvalue weighted by Crippen LogP contribution is -2.46. The van der Waals surface area contributed by atoms with E-state index in [1.165, 1.54) is 30.1 Å². The van der Waals surface area contributed by atoms with E-state index in [4.69, 9.17) is 0 Å². The summed E-state index contributed by atoms with van der Waals surface area (Å²) in [6.45, 7) is 3.21. The van der Waals surface area contributed by atoms with E-state index in [2.05, 4.69) is 28.0 Å². The summed E-state index contributed by atoms with van der Waals surface area (Å²) in [4.78, 5) is 24.5. The number of nitrogens with one attached hydrogen (secondary N) is 3. The molecular weight excluding hydrogens is 354 g/mol. The van der Waals surface area contributed by atoms with E-state index in [0.29, 0.717) is 17.6 Å². The third-order valence-electron chi connectivity index (χ3n) is 5.13. The van der Waals surface area contributed by atoms with Crippen molar-refractivity contribution in [3.63, 3.8) is 0 Å². The lowest BCUT2D eigenvalue weighted by Gasteiger charge is -2.28. The summed E-state index contributed by atoms with van der Waals surface area (Å²) in [5.74, 6) is -0.146. The second kappa shape index (κ2) is 9.92. The maximum Gasteiger partial charge on any atom is 0.254 e. The molecule has 7 nitrogen and oxygen atoms in total. The predicted molar refractivity (Wildman–Crippen MR) is 102 cm³/mol. The number of nitrogens with zero attached hydrogens (tertiary/aromatic N) is 2. The quantitative estimate of drug-likeness (QED) is 0.721. The molecule has 2 amide bonds. The number of rotatable bonds is 5. The SMILES string of the molecule is CC1CC(NC(=O)c2cnn(CC(=O)NC3CCCCC3)c2)CCN1.Cl. The molecule has 0 aromatic carbocycles. The van der Waals surface area contributed by atoms with Crippen LogP contribution < -0.4 is 16.0 Å². The van der Waals surface area contributed by atoms with Gasteiger partial charge >= 0.3 is 0 Å². The van der Waals surface area contributed by atoms with Gasteiger partial charge in [-0.3, -0.25) is 14.3 Å². The largest absolute Gasteiger partial charge is 0.352 e. The number of piperidine rings is 1. The third-order valence-corrected chi connectivity index (χ3v) is 5.13. The second-order valence-corrected chi connectivity index (χ2v) is 7.38. The molecule has 1 saturated carbocycles. The van der Waals surface area contributed by atoms with Crippen molar-refractivity contribution in [1.82, 2.24) is 25.7 Å². The summed E-state index contributed by atoms with van der Waals surface area (Å²) >= 11 is 0. The van der Waals surface area contributed by atoms with Crippen molar-refractivity contribution in [2.75, 3.05) is 6.54 Å². The fourth-order valence-electron chi connectivity index (χ4n) is 3.77. The first-order valence-electron chi connectivity index (χ1n) is 9.46. The van der Waals surface area contributed by atoms with Gasteiger partial charge in [-0.2, -0.15) is 5.10 Å². The van der Waals surface area contributed by atoms with Gasteiger partial charge in [-0.1, -0.05) is 19.3 Å². The van der Waals surface area contributed by atoms with Gasteiger partial charge in [-0.25, -0.2) is 0 Å². The monoisotopic (exact) mass is 383 g/mol. The maximum atomic E-state index is 12.4. The van der Waals surface area contributed by atoms with E-state index in [-0.39, 0.29) is 36.8 Å². The van der Waals surface area contributed by atoms with Crippen molar-refractivity contribution in [3.8, 4) is 0 Å². The van der Waals surface area contributed by atoms with Crippen LogP contribution in [0.2, 0.25) is 0 Å². The molecule has 1 aliphatic heterocycles. The van der Waals surface area contributed by atoms with Gasteiger partial charge in [0, 0.05) is 24.3 Å². The van der Waals surface area contributed by atoms with Gasteiger partial charge in [0.1, 0.15) is 6.54 Å². The molecule has 1 aromatic rings. The molecule has 26 heavy (non-hydrogen) atoms. The smallest absolute Gasteiger partial charge is 0.254 e. The Kier molecular flexibility index (Phi) is 7.90. The van der Waals surface area contributed by atoms with Gasteiger partial charge in [0.15, 0.2) is 0 Å². The zero-order valence-corrected chi connectivity index (χ0v) is 16.2. The first kappa shape index (κ1) is 20.7. The average molecular weight is 384 g/mol. The number of hydrogen-bond donors (Lipinski definition) is 3. The molecule has 146 valence electrons. The summed E-state index contributed by atoms with van der Waals surface area (Å²) in [5, 5.41) is 13.7. The Bertz CT molecular complexity index is 600. The Labute approximate surface area is 161 Å². The van der Waals surface area contributed by atoms with Gasteiger partial charge in [0.25, 0.3) is 5.91 Å². The van der Waals surface area contributed by atoms with Crippen molar-refractivity contribution in [2.45, 2.75) is 76.5 Å². The molecule has 1 aliphatic carbocycles. The topological polar surface area (TPSA) is 88.0 Å². The van der Waals surface area contributed by atoms with Crippen molar-refractivity contribution in [3.05, 3.63) is 18.0 Å². The molecule has 0 bridgehead atoms. The van der Waals surface area contributed by atoms with Crippen LogP contribution in [-0.4, -0.2) is 46.3 Å². The molecule has 0 radical (unpaired) electrons. The first-order valence-corrected chi connectivity index (χ1v) is 9.46. The molecular formula is C18H30ClN5O2. The van der Waals surface area contributed by atoms with Gasteiger partial charge in [0.05, 0.1) is 11.8 Å². The van der Waals surface area contributed by atoms with Gasteiger partial charge in [0.2, 0.25) is 5.91 Å². The Balaban J connectivity index is 0.00000243. The normalized spacial score (nSPS) is 23.7. The number of amides is 2. The van der Waals surface area contributed by atoms with Crippen molar-refractivity contribution < 1.29 is 9.59 Å². The van der Waals surface area contributed by atoms with Crippen LogP contribution in [-0.2, 0) is 11.3 Å². The number of aromatic nitrogens is 2. The summed E-state index contributed by atoms with van der Waals surface area (Å²) in [7, 11) is 0. The zero-order valence-electron chi connectivity index (χ0n) is 15.4. The van der Waals surface area contributed by atoms with Gasteiger partial charge in [-0.05, 0) is 39.2 Å². The van der Waals surface area contributed by atoms with Crippen LogP contribution in [0.4, 0.5) is 0 Å². The van der Waals surface area contributed by atoms with Crippen LogP contribution in [0.1, 0.15) is 62.2 Å². The standard InChI is InChI=1S/C18H29N5O2.ClH/c1-13-9-16(7-8-19-13)22-18(25)14-10-20-23(11-14)12-17(24)21-15-5-3-2-4-6-15;/h10-11,13,15-16,19H,2-9,12H2,1H3,(H,21,24)(H,22,25);1H. The predicted octanol–water partition coefficient (Wildman–Crippen LogP) is 1.62. The lowest BCUT2D eigenvalue weighted by atomic mass is 9.95. The number of halogens is 1. The molecule has 2 atom stereocenters. The summed E-state index contributed by atoms with van der Waals surface area (Å²) in [6, 6.07) is 0.911. The molecule has 2 aliphatic rings. The molecule has 2 heterocycles. The average Bonchev–Trinajstić information content (AvgIpc) is 3.04. The molecule has 8 heteroatoms. The first-order chi connectivity index (χ1) is 12.1. The Morgan fingerprint density at radius 3 is 2.69 bits per heavy atom. The molecule has 0 spiro atoms. The molecule has 2 fully saturated rings. The van der Waals surface area contributed by atoms with Crippen LogP contribution in [0.15, 0.2) is 12.4 Å². The van der Waals surface area contributed by atoms with Crippen molar-refractivity contribution in [1.29, 1.82) is 0 Å². The Morgan fingerprint density at radius 2 is 1.96 bits per heavy atom. The fourth-order valence-corrected chi connectivity index (χ4v) is 3.77. The van der Waals surface area contributed by atoms with Crippen LogP contribution in [0.3, 0.4) is 0 Å². The highest BCUT2D eigenvalue weighted by molar-refractivity contribution is 5.94. The van der Waals surface area contributed by atoms with Crippen LogP contribution in [0, 0.1) is 0 Å². The van der Waals surface area contributed by atoms with E-state index in [1.54, 1.807) is 6.20 Å². The minimum atomic E-state index is -0.113. The minimum Gasteiger partial charge on any atom is -0.352 e. The fraction of sp³-hybridized carbons (Fsp3) is 0.722. The van der Waals surface area contributed by atoms with Gasteiger partial charge < -0.3 is 16.0 Å².